The Bertz CT molecular complexity index is 384. The summed E-state index contributed by atoms with van der Waals surface area (Å²) in [5, 5.41) is 8.70. The van der Waals surface area contributed by atoms with Crippen LogP contribution in [-0.4, -0.2) is 21.9 Å². The SMILES string of the molecule is C#CCn1cc(C=O)cc1C(=O)O. The number of terminal acetylenes is 1. The minimum Gasteiger partial charge on any atom is -0.477 e. The van der Waals surface area contributed by atoms with Crippen LogP contribution in [0.4, 0.5) is 0 Å². The van der Waals surface area contributed by atoms with Crippen LogP contribution in [0.1, 0.15) is 20.8 Å². The van der Waals surface area contributed by atoms with Gasteiger partial charge in [-0.15, -0.1) is 6.42 Å². The summed E-state index contributed by atoms with van der Waals surface area (Å²) in [6.45, 7) is 0.148. The van der Waals surface area contributed by atoms with Crippen LogP contribution in [-0.2, 0) is 6.54 Å². The van der Waals surface area contributed by atoms with Crippen molar-refractivity contribution < 1.29 is 14.7 Å². The molecule has 66 valence electrons. The van der Waals surface area contributed by atoms with E-state index in [2.05, 4.69) is 5.92 Å². The summed E-state index contributed by atoms with van der Waals surface area (Å²) in [5.41, 5.74) is 0.340. The zero-order valence-electron chi connectivity index (χ0n) is 6.73. The summed E-state index contributed by atoms with van der Waals surface area (Å²) in [7, 11) is 0. The third-order valence-electron chi connectivity index (χ3n) is 1.53. The van der Waals surface area contributed by atoms with E-state index < -0.39 is 5.97 Å². The molecule has 4 nitrogen and oxygen atoms in total. The fourth-order valence-corrected chi connectivity index (χ4v) is 1.01. The van der Waals surface area contributed by atoms with Crippen LogP contribution in [0.15, 0.2) is 12.3 Å². The summed E-state index contributed by atoms with van der Waals surface area (Å²) in [6.07, 6.45) is 7.02. The lowest BCUT2D eigenvalue weighted by molar-refractivity contribution is 0.0686. The average Bonchev–Trinajstić information content (AvgIpc) is 2.48. The number of aromatic carboxylic acids is 1. The van der Waals surface area contributed by atoms with Crippen LogP contribution in [0.3, 0.4) is 0 Å². The molecule has 0 fully saturated rings. The average molecular weight is 177 g/mol. The van der Waals surface area contributed by atoms with Gasteiger partial charge in [0, 0.05) is 11.8 Å². The number of hydrogen-bond donors (Lipinski definition) is 1. The summed E-state index contributed by atoms with van der Waals surface area (Å²) >= 11 is 0. The first-order valence-corrected chi connectivity index (χ1v) is 3.51. The van der Waals surface area contributed by atoms with Gasteiger partial charge >= 0.3 is 5.97 Å². The molecule has 0 saturated carbocycles. The zero-order chi connectivity index (χ0) is 9.84. The Morgan fingerprint density at radius 1 is 1.77 bits per heavy atom. The van der Waals surface area contributed by atoms with Gasteiger partial charge < -0.3 is 9.67 Å². The maximum absolute atomic E-state index is 10.6. The fourth-order valence-electron chi connectivity index (χ4n) is 1.01. The number of rotatable bonds is 3. The topological polar surface area (TPSA) is 59.3 Å². The highest BCUT2D eigenvalue weighted by molar-refractivity contribution is 5.89. The van der Waals surface area contributed by atoms with Crippen molar-refractivity contribution in [3.8, 4) is 12.3 Å². The minimum atomic E-state index is -1.09. The van der Waals surface area contributed by atoms with Crippen LogP contribution >= 0.6 is 0 Å². The first-order valence-electron chi connectivity index (χ1n) is 3.51. The van der Waals surface area contributed by atoms with Crippen molar-refractivity contribution in [1.29, 1.82) is 0 Å². The van der Waals surface area contributed by atoms with Crippen LogP contribution in [0.25, 0.3) is 0 Å². The van der Waals surface area contributed by atoms with Crippen molar-refractivity contribution in [3.05, 3.63) is 23.5 Å². The van der Waals surface area contributed by atoms with E-state index in [0.29, 0.717) is 11.8 Å². The molecule has 0 atom stereocenters. The van der Waals surface area contributed by atoms with Crippen LogP contribution in [0.2, 0.25) is 0 Å². The van der Waals surface area contributed by atoms with E-state index in [9.17, 15) is 9.59 Å². The Morgan fingerprint density at radius 2 is 2.46 bits per heavy atom. The first-order chi connectivity index (χ1) is 6.19. The molecule has 1 aromatic heterocycles. The molecule has 1 heterocycles. The second-order valence-electron chi connectivity index (χ2n) is 2.41. The fraction of sp³-hybridized carbons (Fsp3) is 0.111. The highest BCUT2D eigenvalue weighted by Crippen LogP contribution is 2.06. The number of carboxylic acids is 1. The maximum atomic E-state index is 10.6. The lowest BCUT2D eigenvalue weighted by atomic mass is 10.3. The summed E-state index contributed by atoms with van der Waals surface area (Å²) in [4.78, 5) is 21.0. The van der Waals surface area contributed by atoms with Gasteiger partial charge in [-0.1, -0.05) is 5.92 Å². The van der Waals surface area contributed by atoms with Crippen LogP contribution in [0.5, 0.6) is 0 Å². The molecule has 1 N–H and O–H groups in total. The lowest BCUT2D eigenvalue weighted by Gasteiger charge is -1.98. The highest BCUT2D eigenvalue weighted by Gasteiger charge is 2.10. The Hall–Kier alpha value is -2.02. The first kappa shape index (κ1) is 9.07. The monoisotopic (exact) mass is 177 g/mol. The van der Waals surface area contributed by atoms with Gasteiger partial charge in [-0.2, -0.15) is 0 Å². The molecule has 0 unspecified atom stereocenters. The highest BCUT2D eigenvalue weighted by atomic mass is 16.4. The summed E-state index contributed by atoms with van der Waals surface area (Å²) < 4.78 is 1.34. The van der Waals surface area contributed by atoms with Crippen molar-refractivity contribution in [3.63, 3.8) is 0 Å². The third kappa shape index (κ3) is 1.76. The van der Waals surface area contributed by atoms with Gasteiger partial charge in [0.25, 0.3) is 0 Å². The van der Waals surface area contributed by atoms with Crippen molar-refractivity contribution in [2.24, 2.45) is 0 Å². The predicted molar refractivity (Wildman–Crippen MR) is 45.6 cm³/mol. The number of carboxylic acid groups (broad SMARTS) is 1. The van der Waals surface area contributed by atoms with Gasteiger partial charge in [-0.05, 0) is 6.07 Å². The molecule has 0 aromatic carbocycles. The van der Waals surface area contributed by atoms with Gasteiger partial charge in [0.1, 0.15) is 5.69 Å². The minimum absolute atomic E-state index is 0.0278. The van der Waals surface area contributed by atoms with Crippen LogP contribution < -0.4 is 0 Å². The Labute approximate surface area is 74.8 Å². The molecule has 0 spiro atoms. The molecule has 0 amide bonds. The lowest BCUT2D eigenvalue weighted by Crippen LogP contribution is -2.06. The second-order valence-corrected chi connectivity index (χ2v) is 2.41. The van der Waals surface area contributed by atoms with E-state index in [1.54, 1.807) is 0 Å². The molecule has 0 aliphatic rings. The second kappa shape index (κ2) is 3.59. The molecule has 4 heteroatoms. The molecular formula is C9H7NO3. The van der Waals surface area contributed by atoms with Crippen molar-refractivity contribution >= 4 is 12.3 Å². The number of carbonyl (C=O) groups is 2. The third-order valence-corrected chi connectivity index (χ3v) is 1.53. The summed E-state index contributed by atoms with van der Waals surface area (Å²) in [6, 6.07) is 1.28. The van der Waals surface area contributed by atoms with E-state index in [-0.39, 0.29) is 12.2 Å². The molecule has 1 rings (SSSR count). The number of carbonyl (C=O) groups excluding carboxylic acids is 1. The Balaban J connectivity index is 3.16. The normalized spacial score (nSPS) is 9.15. The zero-order valence-corrected chi connectivity index (χ0v) is 6.73. The molecule has 0 radical (unpaired) electrons. The van der Waals surface area contributed by atoms with E-state index >= 15 is 0 Å². The van der Waals surface area contributed by atoms with Gasteiger partial charge in [-0.25, -0.2) is 4.79 Å². The molecule has 0 bridgehead atoms. The smallest absolute Gasteiger partial charge is 0.352 e. The quantitative estimate of drug-likeness (QED) is 0.544. The number of aromatic nitrogens is 1. The Kier molecular flexibility index (Phi) is 2.50. The van der Waals surface area contributed by atoms with E-state index in [1.807, 2.05) is 0 Å². The van der Waals surface area contributed by atoms with E-state index in [1.165, 1.54) is 16.8 Å². The maximum Gasteiger partial charge on any atom is 0.352 e. The van der Waals surface area contributed by atoms with Gasteiger partial charge in [0.15, 0.2) is 6.29 Å². The van der Waals surface area contributed by atoms with E-state index in [4.69, 9.17) is 11.5 Å². The standard InChI is InChI=1S/C9H7NO3/c1-2-3-10-5-7(6-11)4-8(10)9(12)13/h1,4-6H,3H2,(H,12,13). The number of nitrogens with zero attached hydrogens (tertiary/aromatic N) is 1. The van der Waals surface area contributed by atoms with Gasteiger partial charge in [0.2, 0.25) is 0 Å². The largest absolute Gasteiger partial charge is 0.477 e. The number of aldehydes is 1. The number of hydrogen-bond acceptors (Lipinski definition) is 2. The molecular weight excluding hydrogens is 170 g/mol. The molecule has 0 aliphatic heterocycles. The molecule has 0 saturated heterocycles. The Morgan fingerprint density at radius 3 is 2.92 bits per heavy atom. The molecule has 13 heavy (non-hydrogen) atoms. The van der Waals surface area contributed by atoms with Crippen LogP contribution in [0, 0.1) is 12.3 Å². The van der Waals surface area contributed by atoms with Crippen molar-refractivity contribution in [1.82, 2.24) is 4.57 Å². The molecule has 1 aromatic rings. The van der Waals surface area contributed by atoms with E-state index in [0.717, 1.165) is 0 Å². The van der Waals surface area contributed by atoms with Gasteiger partial charge in [-0.3, -0.25) is 4.79 Å². The summed E-state index contributed by atoms with van der Waals surface area (Å²) in [5.74, 6) is 1.21. The molecule has 0 aliphatic carbocycles. The van der Waals surface area contributed by atoms with Crippen molar-refractivity contribution in [2.45, 2.75) is 6.54 Å². The predicted octanol–water partition coefficient (Wildman–Crippen LogP) is 0.632. The van der Waals surface area contributed by atoms with Crippen molar-refractivity contribution in [2.75, 3.05) is 0 Å². The van der Waals surface area contributed by atoms with Gasteiger partial charge in [0.05, 0.1) is 6.54 Å².